The SMILES string of the molecule is CN(C)CC1CC(O)CN1c1cc(F)c(I)cc1N. The van der Waals surface area contributed by atoms with Gasteiger partial charge in [-0.2, -0.15) is 0 Å². The lowest BCUT2D eigenvalue weighted by Crippen LogP contribution is -2.38. The normalized spacial score (nSPS) is 23.4. The number of likely N-dealkylation sites (N-methyl/N-ethyl adjacent to an activating group) is 1. The van der Waals surface area contributed by atoms with Gasteiger partial charge in [-0.25, -0.2) is 4.39 Å². The maximum absolute atomic E-state index is 13.7. The van der Waals surface area contributed by atoms with Crippen LogP contribution in [0.25, 0.3) is 0 Å². The number of hydrogen-bond acceptors (Lipinski definition) is 4. The molecule has 1 aromatic rings. The van der Waals surface area contributed by atoms with E-state index in [2.05, 4.69) is 4.90 Å². The van der Waals surface area contributed by atoms with Crippen molar-refractivity contribution in [2.24, 2.45) is 0 Å². The summed E-state index contributed by atoms with van der Waals surface area (Å²) in [6.45, 7) is 1.31. The second kappa shape index (κ2) is 5.80. The third-order valence-corrected chi connectivity index (χ3v) is 4.17. The Kier molecular flexibility index (Phi) is 4.52. The minimum Gasteiger partial charge on any atom is -0.397 e. The van der Waals surface area contributed by atoms with Gasteiger partial charge in [-0.15, -0.1) is 0 Å². The van der Waals surface area contributed by atoms with E-state index in [1.54, 1.807) is 6.07 Å². The third kappa shape index (κ3) is 3.29. The summed E-state index contributed by atoms with van der Waals surface area (Å²) >= 11 is 1.93. The van der Waals surface area contributed by atoms with Crippen LogP contribution in [0.2, 0.25) is 0 Å². The van der Waals surface area contributed by atoms with Crippen LogP contribution in [0.4, 0.5) is 15.8 Å². The fourth-order valence-electron chi connectivity index (χ4n) is 2.58. The maximum Gasteiger partial charge on any atom is 0.138 e. The van der Waals surface area contributed by atoms with E-state index in [9.17, 15) is 9.50 Å². The third-order valence-electron chi connectivity index (χ3n) is 3.35. The van der Waals surface area contributed by atoms with Crippen LogP contribution >= 0.6 is 22.6 Å². The Hall–Kier alpha value is -0.600. The van der Waals surface area contributed by atoms with Crippen LogP contribution in [-0.4, -0.2) is 49.3 Å². The van der Waals surface area contributed by atoms with Gasteiger partial charge in [0.15, 0.2) is 0 Å². The highest BCUT2D eigenvalue weighted by atomic mass is 127. The van der Waals surface area contributed by atoms with Crippen LogP contribution in [0.3, 0.4) is 0 Å². The number of rotatable bonds is 3. The van der Waals surface area contributed by atoms with Gasteiger partial charge in [0.1, 0.15) is 5.82 Å². The molecule has 2 unspecified atom stereocenters. The highest BCUT2D eigenvalue weighted by molar-refractivity contribution is 14.1. The van der Waals surface area contributed by atoms with Crippen molar-refractivity contribution in [2.75, 3.05) is 37.8 Å². The fraction of sp³-hybridized carbons (Fsp3) is 0.538. The summed E-state index contributed by atoms with van der Waals surface area (Å²) in [5.74, 6) is -0.269. The van der Waals surface area contributed by atoms with Gasteiger partial charge in [0.05, 0.1) is 21.0 Å². The Morgan fingerprint density at radius 1 is 1.53 bits per heavy atom. The zero-order valence-corrected chi connectivity index (χ0v) is 13.3. The zero-order chi connectivity index (χ0) is 14.2. The molecule has 4 nitrogen and oxygen atoms in total. The number of aliphatic hydroxyl groups is 1. The van der Waals surface area contributed by atoms with Crippen LogP contribution in [-0.2, 0) is 0 Å². The van der Waals surface area contributed by atoms with E-state index in [0.29, 0.717) is 27.9 Å². The smallest absolute Gasteiger partial charge is 0.138 e. The van der Waals surface area contributed by atoms with Crippen molar-refractivity contribution in [1.82, 2.24) is 4.90 Å². The van der Waals surface area contributed by atoms with Gasteiger partial charge in [-0.1, -0.05) is 0 Å². The van der Waals surface area contributed by atoms with Gasteiger partial charge in [0.25, 0.3) is 0 Å². The molecule has 1 aliphatic rings. The maximum atomic E-state index is 13.7. The van der Waals surface area contributed by atoms with E-state index in [4.69, 9.17) is 5.73 Å². The first-order chi connectivity index (χ1) is 8.88. The molecule has 19 heavy (non-hydrogen) atoms. The number of aliphatic hydroxyl groups excluding tert-OH is 1. The molecule has 0 amide bonds. The average Bonchev–Trinajstić information content (AvgIpc) is 2.63. The van der Waals surface area contributed by atoms with Gasteiger partial charge >= 0.3 is 0 Å². The molecular weight excluding hydrogens is 360 g/mol. The van der Waals surface area contributed by atoms with Crippen molar-refractivity contribution in [3.05, 3.63) is 21.5 Å². The van der Waals surface area contributed by atoms with Crippen LogP contribution in [0, 0.1) is 9.39 Å². The molecule has 6 heteroatoms. The number of halogens is 2. The van der Waals surface area contributed by atoms with Crippen LogP contribution < -0.4 is 10.6 Å². The van der Waals surface area contributed by atoms with Crippen LogP contribution in [0.1, 0.15) is 6.42 Å². The molecule has 0 aromatic heterocycles. The molecule has 1 heterocycles. The molecule has 3 N–H and O–H groups in total. The standard InChI is InChI=1S/C13H19FIN3O/c1-17(2)6-8-3-9(19)7-18(8)13-4-10(14)11(15)5-12(13)16/h4-5,8-9,19H,3,6-7,16H2,1-2H3. The highest BCUT2D eigenvalue weighted by Crippen LogP contribution is 2.33. The first-order valence-corrected chi connectivity index (χ1v) is 7.30. The Morgan fingerprint density at radius 3 is 2.84 bits per heavy atom. The van der Waals surface area contributed by atoms with E-state index in [1.165, 1.54) is 6.07 Å². The van der Waals surface area contributed by atoms with Crippen LogP contribution in [0.15, 0.2) is 12.1 Å². The molecule has 0 bridgehead atoms. The van der Waals surface area contributed by atoms with Crippen molar-refractivity contribution < 1.29 is 9.50 Å². The summed E-state index contributed by atoms with van der Waals surface area (Å²) in [6.07, 6.45) is 0.303. The van der Waals surface area contributed by atoms with Crippen molar-refractivity contribution in [3.63, 3.8) is 0 Å². The number of nitrogens with two attached hydrogens (primary N) is 1. The lowest BCUT2D eigenvalue weighted by molar-refractivity contribution is 0.191. The Balaban J connectivity index is 2.31. The molecular formula is C13H19FIN3O. The first-order valence-electron chi connectivity index (χ1n) is 6.22. The molecule has 2 atom stereocenters. The number of nitrogens with zero attached hydrogens (tertiary/aromatic N) is 2. The second-order valence-electron chi connectivity index (χ2n) is 5.28. The Bertz CT molecular complexity index is 469. The largest absolute Gasteiger partial charge is 0.397 e. The lowest BCUT2D eigenvalue weighted by atomic mass is 10.1. The summed E-state index contributed by atoms with van der Waals surface area (Å²) in [5.41, 5.74) is 7.24. The zero-order valence-electron chi connectivity index (χ0n) is 11.1. The minimum absolute atomic E-state index is 0.159. The molecule has 0 saturated carbocycles. The number of β-amino-alcohol motifs (C(OH)–C–C–N with tert-alkyl or cyclic N) is 1. The molecule has 1 aliphatic heterocycles. The molecule has 2 rings (SSSR count). The summed E-state index contributed by atoms with van der Waals surface area (Å²) in [6, 6.07) is 3.27. The molecule has 1 fully saturated rings. The highest BCUT2D eigenvalue weighted by Gasteiger charge is 2.32. The second-order valence-corrected chi connectivity index (χ2v) is 6.45. The number of hydrogen-bond donors (Lipinski definition) is 2. The summed E-state index contributed by atoms with van der Waals surface area (Å²) in [4.78, 5) is 4.08. The summed E-state index contributed by atoms with van der Waals surface area (Å²) < 4.78 is 14.3. The fourth-order valence-corrected chi connectivity index (χ4v) is 3.07. The monoisotopic (exact) mass is 379 g/mol. The number of anilines is 2. The van der Waals surface area contributed by atoms with Gasteiger partial charge in [0, 0.05) is 25.2 Å². The summed E-state index contributed by atoms with van der Waals surface area (Å²) in [5, 5.41) is 9.86. The molecule has 0 radical (unpaired) electrons. The molecule has 0 aliphatic carbocycles. The molecule has 0 spiro atoms. The van der Waals surface area contributed by atoms with E-state index in [-0.39, 0.29) is 18.0 Å². The molecule has 1 aromatic carbocycles. The van der Waals surface area contributed by atoms with Crippen molar-refractivity contribution in [2.45, 2.75) is 18.6 Å². The minimum atomic E-state index is -0.383. The number of nitrogen functional groups attached to an aromatic ring is 1. The molecule has 1 saturated heterocycles. The van der Waals surface area contributed by atoms with Gasteiger partial charge in [-0.05, 0) is 49.2 Å². The lowest BCUT2D eigenvalue weighted by Gasteiger charge is -2.29. The van der Waals surface area contributed by atoms with E-state index in [1.807, 2.05) is 41.6 Å². The van der Waals surface area contributed by atoms with Crippen molar-refractivity contribution >= 4 is 34.0 Å². The van der Waals surface area contributed by atoms with Gasteiger partial charge in [0.2, 0.25) is 0 Å². The van der Waals surface area contributed by atoms with Crippen molar-refractivity contribution in [3.8, 4) is 0 Å². The first kappa shape index (κ1) is 14.8. The summed E-state index contributed by atoms with van der Waals surface area (Å²) in [7, 11) is 3.97. The average molecular weight is 379 g/mol. The number of benzene rings is 1. The van der Waals surface area contributed by atoms with Gasteiger partial charge in [-0.3, -0.25) is 0 Å². The van der Waals surface area contributed by atoms with E-state index >= 15 is 0 Å². The van der Waals surface area contributed by atoms with Gasteiger partial charge < -0.3 is 20.6 Å². The topological polar surface area (TPSA) is 52.7 Å². The van der Waals surface area contributed by atoms with Crippen LogP contribution in [0.5, 0.6) is 0 Å². The predicted octanol–water partition coefficient (Wildman–Crippen LogP) is 1.51. The predicted molar refractivity (Wildman–Crippen MR) is 83.8 cm³/mol. The molecule has 106 valence electrons. The Labute approximate surface area is 126 Å². The van der Waals surface area contributed by atoms with E-state index < -0.39 is 0 Å². The Morgan fingerprint density at radius 2 is 2.21 bits per heavy atom. The van der Waals surface area contributed by atoms with E-state index in [0.717, 1.165) is 6.54 Å². The quantitative estimate of drug-likeness (QED) is 0.618. The van der Waals surface area contributed by atoms with Crippen molar-refractivity contribution in [1.29, 1.82) is 0 Å².